The van der Waals surface area contributed by atoms with Gasteiger partial charge < -0.3 is 28.1 Å². The van der Waals surface area contributed by atoms with Crippen LogP contribution < -0.4 is 0 Å². The smallest absolute Gasteiger partial charge is 0.320 e. The number of halogens is 2. The lowest BCUT2D eigenvalue weighted by atomic mass is 9.71. The van der Waals surface area contributed by atoms with Crippen molar-refractivity contribution in [3.63, 3.8) is 0 Å². The number of nitrogens with zero attached hydrogens (tertiary/aromatic N) is 2. The van der Waals surface area contributed by atoms with Crippen molar-refractivity contribution >= 4 is 45.7 Å². The maximum absolute atomic E-state index is 15.6. The van der Waals surface area contributed by atoms with Gasteiger partial charge in [-0.1, -0.05) is 60.7 Å². The van der Waals surface area contributed by atoms with Crippen LogP contribution in [0, 0.1) is 23.5 Å². The highest BCUT2D eigenvalue weighted by Crippen LogP contribution is 2.55. The number of benzene rings is 4. The van der Waals surface area contributed by atoms with E-state index in [0.29, 0.717) is 44.3 Å². The lowest BCUT2D eigenvalue weighted by molar-refractivity contribution is -0.161. The largest absolute Gasteiger partial charge is 0.468 e. The zero-order valence-corrected chi connectivity index (χ0v) is 31.3. The maximum atomic E-state index is 15.6. The predicted octanol–water partition coefficient (Wildman–Crippen LogP) is 7.25. The lowest BCUT2D eigenvalue weighted by Gasteiger charge is -2.35. The van der Waals surface area contributed by atoms with Crippen LogP contribution in [0.5, 0.6) is 0 Å². The predicted molar refractivity (Wildman–Crippen MR) is 203 cm³/mol. The highest BCUT2D eigenvalue weighted by atomic mass is 19.1. The fourth-order valence-corrected chi connectivity index (χ4v) is 8.45. The second-order valence-electron chi connectivity index (χ2n) is 13.8. The number of esters is 4. The van der Waals surface area contributed by atoms with Gasteiger partial charge >= 0.3 is 23.9 Å². The Morgan fingerprint density at radius 2 is 0.875 bits per heavy atom. The fraction of sp³-hybridized carbons (Fsp3) is 0.273. The zero-order valence-electron chi connectivity index (χ0n) is 31.3. The Hall–Kier alpha value is -6.30. The van der Waals surface area contributed by atoms with Gasteiger partial charge in [-0.05, 0) is 71.5 Å². The molecule has 7 rings (SSSR count). The summed E-state index contributed by atoms with van der Waals surface area (Å²) in [5.41, 5.74) is 5.41. The summed E-state index contributed by atoms with van der Waals surface area (Å²) < 4.78 is 55.7. The molecule has 0 unspecified atom stereocenters. The summed E-state index contributed by atoms with van der Waals surface area (Å²) in [5.74, 6) is -8.82. The third-order valence-corrected chi connectivity index (χ3v) is 10.8. The average Bonchev–Trinajstić information content (AvgIpc) is 3.70. The number of ether oxygens (including phenoxy) is 4. The van der Waals surface area contributed by atoms with Gasteiger partial charge in [0.15, 0.2) is 11.8 Å². The fourth-order valence-electron chi connectivity index (χ4n) is 8.45. The molecule has 4 aromatic carbocycles. The summed E-state index contributed by atoms with van der Waals surface area (Å²) in [6, 6.07) is 28.0. The topological polar surface area (TPSA) is 115 Å². The molecule has 0 saturated carbocycles. The number of aromatic nitrogens is 2. The molecule has 1 aliphatic rings. The van der Waals surface area contributed by atoms with Gasteiger partial charge in [-0.3, -0.25) is 19.2 Å². The van der Waals surface area contributed by atoms with Crippen molar-refractivity contribution < 1.29 is 46.9 Å². The van der Waals surface area contributed by atoms with Crippen molar-refractivity contribution in [3.05, 3.63) is 142 Å². The Kier molecular flexibility index (Phi) is 10.7. The van der Waals surface area contributed by atoms with Crippen LogP contribution >= 0.6 is 0 Å². The van der Waals surface area contributed by atoms with Gasteiger partial charge in [0.2, 0.25) is 0 Å². The Bertz CT molecular complexity index is 2250. The second kappa shape index (κ2) is 15.8. The first-order chi connectivity index (χ1) is 27.1. The zero-order chi connectivity index (χ0) is 39.7. The molecule has 10 nitrogen and oxygen atoms in total. The van der Waals surface area contributed by atoms with Gasteiger partial charge in [0, 0.05) is 58.1 Å². The normalized spacial score (nSPS) is 14.8. The molecule has 6 aromatic rings. The van der Waals surface area contributed by atoms with Gasteiger partial charge in [0.25, 0.3) is 0 Å². The third-order valence-electron chi connectivity index (χ3n) is 10.8. The van der Waals surface area contributed by atoms with Crippen LogP contribution in [0.1, 0.15) is 58.3 Å². The number of carbonyl (C=O) groups excluding carboxylic acids is 4. The van der Waals surface area contributed by atoms with E-state index in [-0.39, 0.29) is 25.9 Å². The first-order valence-electron chi connectivity index (χ1n) is 18.1. The van der Waals surface area contributed by atoms with E-state index in [2.05, 4.69) is 0 Å². The minimum absolute atomic E-state index is 0.169. The molecule has 0 aliphatic heterocycles. The van der Waals surface area contributed by atoms with Crippen LogP contribution in [0.2, 0.25) is 0 Å². The number of methoxy groups -OCH3 is 4. The maximum Gasteiger partial charge on any atom is 0.320 e. The molecule has 0 bridgehead atoms. The summed E-state index contributed by atoms with van der Waals surface area (Å²) in [6.45, 7) is 0.568. The first-order valence-corrected chi connectivity index (χ1v) is 18.1. The molecule has 0 saturated heterocycles. The van der Waals surface area contributed by atoms with Crippen molar-refractivity contribution in [1.29, 1.82) is 0 Å². The van der Waals surface area contributed by atoms with E-state index in [1.54, 1.807) is 12.1 Å². The molecule has 0 N–H and O–H groups in total. The van der Waals surface area contributed by atoms with Crippen molar-refractivity contribution in [2.45, 2.75) is 37.8 Å². The standard InChI is InChI=1S/C44H40F2N2O8/c1-53-41(49)33(42(50)54-2)21-31-37-29-19-27(45)15-17-35(29)48(24-26-13-9-6-10-14-26)40(37)32(22-34(43(51)55-3)44(52)56-4)38-30-20-28(46)16-18-36(30)47(39(31)38)23-25-11-7-5-8-12-25/h5-20,31-34H,21-24H2,1-4H3/t31-,32+. The van der Waals surface area contributed by atoms with Crippen LogP contribution in [0.25, 0.3) is 21.8 Å². The summed E-state index contributed by atoms with van der Waals surface area (Å²) in [4.78, 5) is 53.8. The first kappa shape index (κ1) is 38.0. The van der Waals surface area contributed by atoms with E-state index in [0.717, 1.165) is 11.1 Å². The summed E-state index contributed by atoms with van der Waals surface area (Å²) in [5, 5.41) is 1.00. The summed E-state index contributed by atoms with van der Waals surface area (Å²) >= 11 is 0. The molecule has 1 aliphatic carbocycles. The van der Waals surface area contributed by atoms with Crippen molar-refractivity contribution in [3.8, 4) is 0 Å². The third kappa shape index (κ3) is 6.80. The van der Waals surface area contributed by atoms with Gasteiger partial charge in [-0.2, -0.15) is 0 Å². The molecular formula is C44H40F2N2O8. The quantitative estimate of drug-likeness (QED) is 0.0728. The van der Waals surface area contributed by atoms with Crippen molar-refractivity contribution in [2.24, 2.45) is 11.8 Å². The highest BCUT2D eigenvalue weighted by molar-refractivity contribution is 5.98. The molecule has 56 heavy (non-hydrogen) atoms. The molecule has 0 spiro atoms. The van der Waals surface area contributed by atoms with E-state index in [1.165, 1.54) is 52.7 Å². The van der Waals surface area contributed by atoms with Gasteiger partial charge in [0.05, 0.1) is 28.4 Å². The molecule has 0 radical (unpaired) electrons. The minimum atomic E-state index is -1.41. The number of hydrogen-bond donors (Lipinski definition) is 0. The van der Waals surface area contributed by atoms with E-state index in [4.69, 9.17) is 18.9 Å². The second-order valence-corrected chi connectivity index (χ2v) is 13.8. The van der Waals surface area contributed by atoms with Crippen LogP contribution in [-0.4, -0.2) is 61.5 Å². The Balaban J connectivity index is 1.64. The monoisotopic (exact) mass is 762 g/mol. The molecule has 2 aromatic heterocycles. The SMILES string of the molecule is COC(=O)C(C[C@@H]1c2c(n(Cc3ccccc3)c3ccc(F)cc23)[C@@H](CC(C(=O)OC)C(=O)OC)c2c1n(Cc1ccccc1)c1ccc(F)cc21)C(=O)OC. The van der Waals surface area contributed by atoms with Crippen LogP contribution in [0.15, 0.2) is 97.1 Å². The molecule has 0 fully saturated rings. The van der Waals surface area contributed by atoms with Crippen LogP contribution in [0.4, 0.5) is 8.78 Å². The van der Waals surface area contributed by atoms with Crippen molar-refractivity contribution in [2.75, 3.05) is 28.4 Å². The number of hydrogen-bond acceptors (Lipinski definition) is 8. The molecule has 2 heterocycles. The number of fused-ring (bicyclic) bond motifs is 6. The lowest BCUT2D eigenvalue weighted by Crippen LogP contribution is -2.33. The Morgan fingerprint density at radius 1 is 0.536 bits per heavy atom. The number of rotatable bonds is 12. The van der Waals surface area contributed by atoms with Crippen LogP contribution in [0.3, 0.4) is 0 Å². The van der Waals surface area contributed by atoms with E-state index < -0.39 is 59.2 Å². The molecular weight excluding hydrogens is 722 g/mol. The summed E-state index contributed by atoms with van der Waals surface area (Å²) in [6.07, 6.45) is -0.337. The highest BCUT2D eigenvalue weighted by Gasteiger charge is 2.46. The molecule has 12 heteroatoms. The number of carbonyl (C=O) groups is 4. The van der Waals surface area contributed by atoms with E-state index >= 15 is 8.78 Å². The average molecular weight is 763 g/mol. The summed E-state index contributed by atoms with van der Waals surface area (Å²) in [7, 11) is 4.73. The Morgan fingerprint density at radius 3 is 1.20 bits per heavy atom. The molecule has 0 amide bonds. The molecule has 288 valence electrons. The minimum Gasteiger partial charge on any atom is -0.468 e. The van der Waals surface area contributed by atoms with Gasteiger partial charge in [-0.15, -0.1) is 0 Å². The van der Waals surface area contributed by atoms with Crippen LogP contribution in [-0.2, 0) is 51.2 Å². The van der Waals surface area contributed by atoms with E-state index in [1.807, 2.05) is 69.8 Å². The molecule has 2 atom stereocenters. The Labute approximate surface area is 321 Å². The van der Waals surface area contributed by atoms with Crippen molar-refractivity contribution in [1.82, 2.24) is 9.13 Å². The van der Waals surface area contributed by atoms with E-state index in [9.17, 15) is 19.2 Å². The van der Waals surface area contributed by atoms with Gasteiger partial charge in [-0.25, -0.2) is 8.78 Å². The van der Waals surface area contributed by atoms with Gasteiger partial charge in [0.1, 0.15) is 11.6 Å².